The highest BCUT2D eigenvalue weighted by atomic mass is 14.3. The van der Waals surface area contributed by atoms with Gasteiger partial charge in [0.25, 0.3) is 0 Å². The molecule has 0 heterocycles. The molecule has 0 aliphatic heterocycles. The lowest BCUT2D eigenvalue weighted by Crippen LogP contribution is -2.30. The Hall–Kier alpha value is 0.0649. The normalized spacial score (nSPS) is 32.7. The number of hydrogen-bond donors (Lipinski definition) is 0. The van der Waals surface area contributed by atoms with Gasteiger partial charge in [-0.3, -0.25) is 0 Å². The summed E-state index contributed by atoms with van der Waals surface area (Å²) < 4.78 is 0. The molecule has 0 aromatic carbocycles. The van der Waals surface area contributed by atoms with Crippen LogP contribution in [-0.4, -0.2) is 7.28 Å². The lowest BCUT2D eigenvalue weighted by Gasteiger charge is -2.39. The van der Waals surface area contributed by atoms with Gasteiger partial charge in [0.2, 0.25) is 0 Å². The van der Waals surface area contributed by atoms with E-state index in [1.807, 2.05) is 0 Å². The lowest BCUT2D eigenvalue weighted by molar-refractivity contribution is 0.264. The Balaban J connectivity index is 2.60. The van der Waals surface area contributed by atoms with Crippen LogP contribution in [0.3, 0.4) is 0 Å². The summed E-state index contributed by atoms with van der Waals surface area (Å²) in [4.78, 5) is 0. The van der Waals surface area contributed by atoms with Gasteiger partial charge in [-0.2, -0.15) is 0 Å². The maximum atomic E-state index is 2.48. The molecule has 0 radical (unpaired) electrons. The third-order valence-corrected chi connectivity index (χ3v) is 4.08. The average Bonchev–Trinajstić information content (AvgIpc) is 2.10. The van der Waals surface area contributed by atoms with Crippen molar-refractivity contribution in [2.45, 2.75) is 77.9 Å². The molecule has 0 saturated heterocycles. The molecule has 3 atom stereocenters. The van der Waals surface area contributed by atoms with Crippen LogP contribution in [0.4, 0.5) is 0 Å². The maximum absolute atomic E-state index is 2.48. The molecule has 0 aromatic heterocycles. The standard InChI is InChI=1S/C14H29B/c1-6-8-12-10-7-9-11(2)13(12)15-14(3,4)5/h11-13,15H,6-10H2,1-5H3. The first kappa shape index (κ1) is 13.1. The van der Waals surface area contributed by atoms with E-state index in [1.54, 1.807) is 0 Å². The van der Waals surface area contributed by atoms with Crippen LogP contribution >= 0.6 is 0 Å². The smallest absolute Gasteiger partial charge is 0.0671 e. The summed E-state index contributed by atoms with van der Waals surface area (Å²) in [6.45, 7) is 12.0. The Morgan fingerprint density at radius 1 is 1.20 bits per heavy atom. The maximum Gasteiger partial charge on any atom is 0.131 e. The van der Waals surface area contributed by atoms with E-state index < -0.39 is 0 Å². The molecule has 15 heavy (non-hydrogen) atoms. The quantitative estimate of drug-likeness (QED) is 0.591. The predicted octanol–water partition coefficient (Wildman–Crippen LogP) is 4.67. The van der Waals surface area contributed by atoms with Crippen LogP contribution in [0, 0.1) is 11.8 Å². The van der Waals surface area contributed by atoms with Gasteiger partial charge >= 0.3 is 0 Å². The second kappa shape index (κ2) is 5.41. The third-order valence-electron chi connectivity index (χ3n) is 4.08. The van der Waals surface area contributed by atoms with Gasteiger partial charge in [0.05, 0.1) is 0 Å². The summed E-state index contributed by atoms with van der Waals surface area (Å²) in [7, 11) is 1.43. The zero-order valence-corrected chi connectivity index (χ0v) is 11.5. The monoisotopic (exact) mass is 208 g/mol. The van der Waals surface area contributed by atoms with Gasteiger partial charge < -0.3 is 0 Å². The van der Waals surface area contributed by atoms with Gasteiger partial charge in [-0.15, -0.1) is 0 Å². The molecule has 0 aromatic rings. The third kappa shape index (κ3) is 4.21. The lowest BCUT2D eigenvalue weighted by atomic mass is 9.41. The van der Waals surface area contributed by atoms with E-state index in [-0.39, 0.29) is 0 Å². The van der Waals surface area contributed by atoms with Crippen molar-refractivity contribution in [1.82, 2.24) is 0 Å². The zero-order chi connectivity index (χ0) is 11.5. The van der Waals surface area contributed by atoms with Gasteiger partial charge in [-0.1, -0.05) is 77.9 Å². The van der Waals surface area contributed by atoms with Crippen molar-refractivity contribution < 1.29 is 0 Å². The minimum absolute atomic E-state index is 0.516. The first-order valence-electron chi connectivity index (χ1n) is 6.94. The molecule has 0 N–H and O–H groups in total. The van der Waals surface area contributed by atoms with Gasteiger partial charge in [-0.25, -0.2) is 0 Å². The summed E-state index contributed by atoms with van der Waals surface area (Å²) in [5, 5.41) is 0.516. The van der Waals surface area contributed by atoms with Crippen LogP contribution in [0.25, 0.3) is 0 Å². The molecule has 0 amide bonds. The molecule has 1 fully saturated rings. The average molecular weight is 208 g/mol. The van der Waals surface area contributed by atoms with Crippen molar-refractivity contribution in [2.24, 2.45) is 11.8 Å². The van der Waals surface area contributed by atoms with Gasteiger partial charge in [0.1, 0.15) is 7.28 Å². The zero-order valence-electron chi connectivity index (χ0n) is 11.5. The molecular weight excluding hydrogens is 179 g/mol. The molecule has 3 unspecified atom stereocenters. The molecule has 1 aliphatic rings. The Kier molecular flexibility index (Phi) is 4.74. The number of hydrogen-bond acceptors (Lipinski definition) is 0. The topological polar surface area (TPSA) is 0 Å². The number of rotatable bonds is 3. The first-order valence-corrected chi connectivity index (χ1v) is 6.94. The second-order valence-corrected chi connectivity index (χ2v) is 6.89. The van der Waals surface area contributed by atoms with Crippen molar-refractivity contribution in [3.8, 4) is 0 Å². The van der Waals surface area contributed by atoms with Crippen LogP contribution in [0.1, 0.15) is 66.7 Å². The van der Waals surface area contributed by atoms with E-state index in [4.69, 9.17) is 0 Å². The van der Waals surface area contributed by atoms with Gasteiger partial charge in [0.15, 0.2) is 0 Å². The minimum atomic E-state index is 0.516. The van der Waals surface area contributed by atoms with Gasteiger partial charge in [0, 0.05) is 0 Å². The largest absolute Gasteiger partial charge is 0.131 e. The summed E-state index contributed by atoms with van der Waals surface area (Å²) in [6, 6.07) is 0. The molecule has 0 nitrogen and oxygen atoms in total. The Morgan fingerprint density at radius 2 is 1.87 bits per heavy atom. The first-order chi connectivity index (χ1) is 6.94. The molecule has 88 valence electrons. The van der Waals surface area contributed by atoms with Crippen molar-refractivity contribution in [2.75, 3.05) is 0 Å². The SMILES string of the molecule is CCCC1CCCC(C)C1BC(C)(C)C. The summed E-state index contributed by atoms with van der Waals surface area (Å²) in [5.41, 5.74) is 0. The van der Waals surface area contributed by atoms with Crippen LogP contribution in [0.15, 0.2) is 0 Å². The van der Waals surface area contributed by atoms with E-state index in [1.165, 1.54) is 39.4 Å². The van der Waals surface area contributed by atoms with Gasteiger partial charge in [-0.05, 0) is 11.8 Å². The molecule has 1 rings (SSSR count). The Labute approximate surface area is 97.5 Å². The molecule has 0 bridgehead atoms. The van der Waals surface area contributed by atoms with Crippen LogP contribution in [0.5, 0.6) is 0 Å². The highest BCUT2D eigenvalue weighted by Crippen LogP contribution is 2.44. The van der Waals surface area contributed by atoms with E-state index in [2.05, 4.69) is 34.6 Å². The summed E-state index contributed by atoms with van der Waals surface area (Å²) >= 11 is 0. The van der Waals surface area contributed by atoms with Crippen molar-refractivity contribution in [3.05, 3.63) is 0 Å². The van der Waals surface area contributed by atoms with Crippen molar-refractivity contribution in [3.63, 3.8) is 0 Å². The molecule has 1 saturated carbocycles. The van der Waals surface area contributed by atoms with E-state index in [0.29, 0.717) is 5.31 Å². The van der Waals surface area contributed by atoms with E-state index >= 15 is 0 Å². The Bertz CT molecular complexity index is 178. The van der Waals surface area contributed by atoms with Crippen LogP contribution in [0.2, 0.25) is 11.1 Å². The van der Waals surface area contributed by atoms with Crippen LogP contribution in [-0.2, 0) is 0 Å². The highest BCUT2D eigenvalue weighted by Gasteiger charge is 2.33. The molecular formula is C14H29B. The van der Waals surface area contributed by atoms with E-state index in [0.717, 1.165) is 17.7 Å². The van der Waals surface area contributed by atoms with E-state index in [9.17, 15) is 0 Å². The predicted molar refractivity (Wildman–Crippen MR) is 72.0 cm³/mol. The fraction of sp³-hybridized carbons (Fsp3) is 1.00. The fourth-order valence-corrected chi connectivity index (χ4v) is 3.40. The minimum Gasteiger partial charge on any atom is -0.0671 e. The van der Waals surface area contributed by atoms with Crippen LogP contribution < -0.4 is 0 Å². The fourth-order valence-electron chi connectivity index (χ4n) is 3.40. The summed E-state index contributed by atoms with van der Waals surface area (Å²) in [6.07, 6.45) is 7.29. The summed E-state index contributed by atoms with van der Waals surface area (Å²) in [5.74, 6) is 2.99. The molecule has 1 aliphatic carbocycles. The Morgan fingerprint density at radius 3 is 2.40 bits per heavy atom. The molecule has 0 spiro atoms. The second-order valence-electron chi connectivity index (χ2n) is 6.89. The van der Waals surface area contributed by atoms with Crippen molar-refractivity contribution in [1.29, 1.82) is 0 Å². The van der Waals surface area contributed by atoms with Crippen molar-refractivity contribution >= 4 is 7.28 Å². The highest BCUT2D eigenvalue weighted by molar-refractivity contribution is 6.41. The molecule has 1 heteroatoms.